The maximum atomic E-state index is 12.4. The van der Waals surface area contributed by atoms with Crippen LogP contribution < -0.4 is 15.8 Å². The number of amides is 1. The average Bonchev–Trinajstić information content (AvgIpc) is 3.04. The molecule has 0 radical (unpaired) electrons. The van der Waals surface area contributed by atoms with Gasteiger partial charge in [0.25, 0.3) is 0 Å². The molecule has 134 valence electrons. The van der Waals surface area contributed by atoms with E-state index in [1.807, 2.05) is 61.5 Å². The molecule has 25 heavy (non-hydrogen) atoms. The molecule has 4 nitrogen and oxygen atoms in total. The largest absolute Gasteiger partial charge is 0.484 e. The van der Waals surface area contributed by atoms with Crippen molar-refractivity contribution in [2.75, 3.05) is 5.32 Å². The van der Waals surface area contributed by atoms with Crippen LogP contribution in [0.4, 0.5) is 5.69 Å². The Bertz CT molecular complexity index is 693. The van der Waals surface area contributed by atoms with Gasteiger partial charge in [0.2, 0.25) is 5.91 Å². The van der Waals surface area contributed by atoms with Gasteiger partial charge < -0.3 is 15.8 Å². The van der Waals surface area contributed by atoms with E-state index in [1.54, 1.807) is 0 Å². The molecule has 0 spiro atoms. The van der Waals surface area contributed by atoms with Crippen LogP contribution in [0.5, 0.6) is 5.75 Å². The molecule has 5 heteroatoms. The van der Waals surface area contributed by atoms with Gasteiger partial charge >= 0.3 is 0 Å². The Labute approximate surface area is 155 Å². The second-order valence-electron chi connectivity index (χ2n) is 6.43. The van der Waals surface area contributed by atoms with E-state index in [4.69, 9.17) is 10.5 Å². The molecule has 0 heterocycles. The van der Waals surface area contributed by atoms with Gasteiger partial charge in [-0.15, -0.1) is 12.4 Å². The highest BCUT2D eigenvalue weighted by atomic mass is 35.5. The minimum absolute atomic E-state index is 0. The lowest BCUT2D eigenvalue weighted by atomic mass is 10.1. The van der Waals surface area contributed by atoms with E-state index in [2.05, 4.69) is 5.32 Å². The summed E-state index contributed by atoms with van der Waals surface area (Å²) in [6, 6.07) is 17.7. The zero-order valence-electron chi connectivity index (χ0n) is 14.4. The van der Waals surface area contributed by atoms with Crippen LogP contribution >= 0.6 is 12.4 Å². The first-order chi connectivity index (χ1) is 11.6. The van der Waals surface area contributed by atoms with Crippen molar-refractivity contribution in [2.24, 2.45) is 11.7 Å². The number of para-hydroxylation sites is 2. The number of hydrogen-bond acceptors (Lipinski definition) is 3. The summed E-state index contributed by atoms with van der Waals surface area (Å²) in [5.41, 5.74) is 7.72. The summed E-state index contributed by atoms with van der Waals surface area (Å²) in [4.78, 5) is 12.4. The van der Waals surface area contributed by atoms with E-state index < -0.39 is 0 Å². The predicted octanol–water partition coefficient (Wildman–Crippen LogP) is 4.31. The van der Waals surface area contributed by atoms with Gasteiger partial charge in [-0.1, -0.05) is 42.5 Å². The maximum absolute atomic E-state index is 12.4. The van der Waals surface area contributed by atoms with Gasteiger partial charge in [-0.25, -0.2) is 0 Å². The minimum Gasteiger partial charge on any atom is -0.484 e. The number of ether oxygens (including phenoxy) is 1. The normalized spacial score (nSPS) is 20.4. The van der Waals surface area contributed by atoms with Gasteiger partial charge in [0.15, 0.2) is 0 Å². The Morgan fingerprint density at radius 2 is 1.80 bits per heavy atom. The lowest BCUT2D eigenvalue weighted by Crippen LogP contribution is -2.23. The first-order valence-electron chi connectivity index (χ1n) is 8.50. The first kappa shape index (κ1) is 19.3. The van der Waals surface area contributed by atoms with Crippen molar-refractivity contribution in [1.82, 2.24) is 0 Å². The van der Waals surface area contributed by atoms with Gasteiger partial charge in [-0.3, -0.25) is 4.79 Å². The number of carbonyl (C=O) groups is 1. The SMILES string of the molecule is CC(Oc1ccccc1NC(=O)C1CCC(N)C1)c1ccccc1.Cl. The Balaban J connectivity index is 0.00000225. The fourth-order valence-electron chi connectivity index (χ4n) is 3.14. The van der Waals surface area contributed by atoms with Crippen molar-refractivity contribution >= 4 is 24.0 Å². The average molecular weight is 361 g/mol. The third-order valence-corrected chi connectivity index (χ3v) is 4.56. The third-order valence-electron chi connectivity index (χ3n) is 4.56. The Kier molecular flexibility index (Phi) is 6.85. The fourth-order valence-corrected chi connectivity index (χ4v) is 3.14. The summed E-state index contributed by atoms with van der Waals surface area (Å²) in [5.74, 6) is 0.718. The second-order valence-corrected chi connectivity index (χ2v) is 6.43. The van der Waals surface area contributed by atoms with E-state index in [-0.39, 0.29) is 36.4 Å². The summed E-state index contributed by atoms with van der Waals surface area (Å²) < 4.78 is 6.08. The molecule has 1 fully saturated rings. The molecule has 3 N–H and O–H groups in total. The van der Waals surface area contributed by atoms with E-state index in [9.17, 15) is 4.79 Å². The Hall–Kier alpha value is -2.04. The Morgan fingerprint density at radius 3 is 2.48 bits per heavy atom. The summed E-state index contributed by atoms with van der Waals surface area (Å²) >= 11 is 0. The molecular weight excluding hydrogens is 336 g/mol. The molecular formula is C20H25ClN2O2. The van der Waals surface area contributed by atoms with E-state index in [0.717, 1.165) is 24.8 Å². The molecule has 1 saturated carbocycles. The summed E-state index contributed by atoms with van der Waals surface area (Å²) in [6.07, 6.45) is 2.44. The van der Waals surface area contributed by atoms with Crippen LogP contribution in [0.25, 0.3) is 0 Å². The second kappa shape index (κ2) is 8.88. The number of nitrogens with two attached hydrogens (primary N) is 1. The van der Waals surface area contributed by atoms with Crippen LogP contribution in [-0.4, -0.2) is 11.9 Å². The Morgan fingerprint density at radius 1 is 1.12 bits per heavy atom. The summed E-state index contributed by atoms with van der Waals surface area (Å²) in [5, 5.41) is 3.01. The van der Waals surface area contributed by atoms with E-state index >= 15 is 0 Å². The number of carbonyl (C=O) groups excluding carboxylic acids is 1. The van der Waals surface area contributed by atoms with Crippen molar-refractivity contribution < 1.29 is 9.53 Å². The molecule has 3 atom stereocenters. The minimum atomic E-state index is -0.0934. The molecule has 1 aliphatic carbocycles. The van der Waals surface area contributed by atoms with Gasteiger partial charge in [-0.05, 0) is 43.9 Å². The molecule has 0 aromatic heterocycles. The number of halogens is 1. The van der Waals surface area contributed by atoms with Crippen molar-refractivity contribution in [3.8, 4) is 5.75 Å². The van der Waals surface area contributed by atoms with Crippen LogP contribution in [0, 0.1) is 5.92 Å². The molecule has 3 rings (SSSR count). The molecule has 0 saturated heterocycles. The monoisotopic (exact) mass is 360 g/mol. The molecule has 1 aliphatic rings. The van der Waals surface area contributed by atoms with Gasteiger partial charge in [0, 0.05) is 12.0 Å². The lowest BCUT2D eigenvalue weighted by Gasteiger charge is -2.19. The van der Waals surface area contributed by atoms with Crippen LogP contribution in [0.1, 0.15) is 37.9 Å². The van der Waals surface area contributed by atoms with Crippen molar-refractivity contribution in [3.63, 3.8) is 0 Å². The van der Waals surface area contributed by atoms with Crippen LogP contribution in [0.3, 0.4) is 0 Å². The molecule has 0 bridgehead atoms. The highest BCUT2D eigenvalue weighted by Gasteiger charge is 2.28. The number of rotatable bonds is 5. The number of nitrogens with one attached hydrogen (secondary N) is 1. The van der Waals surface area contributed by atoms with Crippen LogP contribution in [0.15, 0.2) is 54.6 Å². The van der Waals surface area contributed by atoms with Gasteiger partial charge in [0.1, 0.15) is 11.9 Å². The lowest BCUT2D eigenvalue weighted by molar-refractivity contribution is -0.119. The van der Waals surface area contributed by atoms with E-state index in [1.165, 1.54) is 0 Å². The van der Waals surface area contributed by atoms with Crippen molar-refractivity contribution in [1.29, 1.82) is 0 Å². The maximum Gasteiger partial charge on any atom is 0.227 e. The predicted molar refractivity (Wildman–Crippen MR) is 103 cm³/mol. The van der Waals surface area contributed by atoms with Crippen molar-refractivity contribution in [3.05, 3.63) is 60.2 Å². The van der Waals surface area contributed by atoms with Gasteiger partial charge in [-0.2, -0.15) is 0 Å². The molecule has 2 aromatic carbocycles. The van der Waals surface area contributed by atoms with Crippen LogP contribution in [-0.2, 0) is 4.79 Å². The van der Waals surface area contributed by atoms with Crippen LogP contribution in [0.2, 0.25) is 0 Å². The molecule has 2 aromatic rings. The van der Waals surface area contributed by atoms with Gasteiger partial charge in [0.05, 0.1) is 5.69 Å². The standard InChI is InChI=1S/C20H24N2O2.ClH/c1-14(15-7-3-2-4-8-15)24-19-10-6-5-9-18(19)22-20(23)16-11-12-17(21)13-16;/h2-10,14,16-17H,11-13,21H2,1H3,(H,22,23);1H. The van der Waals surface area contributed by atoms with E-state index in [0.29, 0.717) is 11.4 Å². The number of hydrogen-bond donors (Lipinski definition) is 2. The molecule has 0 aliphatic heterocycles. The molecule has 1 amide bonds. The quantitative estimate of drug-likeness (QED) is 0.834. The van der Waals surface area contributed by atoms with Crippen molar-refractivity contribution in [2.45, 2.75) is 38.3 Å². The smallest absolute Gasteiger partial charge is 0.227 e. The zero-order chi connectivity index (χ0) is 16.9. The number of benzene rings is 2. The number of anilines is 1. The molecule has 3 unspecified atom stereocenters. The first-order valence-corrected chi connectivity index (χ1v) is 8.50. The zero-order valence-corrected chi connectivity index (χ0v) is 15.2. The third kappa shape index (κ3) is 4.97. The summed E-state index contributed by atoms with van der Waals surface area (Å²) in [7, 11) is 0. The summed E-state index contributed by atoms with van der Waals surface area (Å²) in [6.45, 7) is 2.00. The topological polar surface area (TPSA) is 64.3 Å². The highest BCUT2D eigenvalue weighted by Crippen LogP contribution is 2.31. The fraction of sp³-hybridized carbons (Fsp3) is 0.350. The highest BCUT2D eigenvalue weighted by molar-refractivity contribution is 5.94.